The highest BCUT2D eigenvalue weighted by Gasteiger charge is 2.23. The predicted octanol–water partition coefficient (Wildman–Crippen LogP) is 2.95. The second kappa shape index (κ2) is 6.55. The van der Waals surface area contributed by atoms with Crippen molar-refractivity contribution in [3.63, 3.8) is 0 Å². The van der Waals surface area contributed by atoms with E-state index in [-0.39, 0.29) is 17.9 Å². The molecular weight excluding hydrogens is 252 g/mol. The summed E-state index contributed by atoms with van der Waals surface area (Å²) < 4.78 is 0. The molecule has 0 aliphatic heterocycles. The Morgan fingerprint density at radius 1 is 1.20 bits per heavy atom. The fraction of sp³-hybridized carbons (Fsp3) is 0.500. The monoisotopic (exact) mass is 274 g/mol. The van der Waals surface area contributed by atoms with Gasteiger partial charge in [0, 0.05) is 24.2 Å². The van der Waals surface area contributed by atoms with Gasteiger partial charge in [-0.05, 0) is 37.0 Å². The average molecular weight is 274 g/mol. The number of benzene rings is 1. The largest absolute Gasteiger partial charge is 0.349 e. The van der Waals surface area contributed by atoms with Crippen molar-refractivity contribution in [1.29, 1.82) is 0 Å². The van der Waals surface area contributed by atoms with E-state index in [9.17, 15) is 9.59 Å². The van der Waals surface area contributed by atoms with Crippen LogP contribution in [0, 0.1) is 5.92 Å². The molecule has 1 saturated carbocycles. The van der Waals surface area contributed by atoms with Crippen molar-refractivity contribution in [2.45, 2.75) is 45.6 Å². The number of carbonyl (C=O) groups excluding carboxylic acids is 2. The van der Waals surface area contributed by atoms with Crippen LogP contribution in [-0.2, 0) is 4.79 Å². The summed E-state index contributed by atoms with van der Waals surface area (Å²) in [5, 5.41) is 5.81. The van der Waals surface area contributed by atoms with E-state index in [1.54, 1.807) is 24.3 Å². The Kier molecular flexibility index (Phi) is 4.77. The molecule has 1 aliphatic rings. The smallest absolute Gasteiger partial charge is 0.251 e. The lowest BCUT2D eigenvalue weighted by molar-refractivity contribution is -0.114. The zero-order valence-electron chi connectivity index (χ0n) is 12.1. The van der Waals surface area contributed by atoms with Gasteiger partial charge in [0.2, 0.25) is 5.91 Å². The third-order valence-electron chi connectivity index (χ3n) is 3.87. The zero-order chi connectivity index (χ0) is 14.5. The molecule has 2 unspecified atom stereocenters. The summed E-state index contributed by atoms with van der Waals surface area (Å²) in [6, 6.07) is 7.31. The number of anilines is 1. The quantitative estimate of drug-likeness (QED) is 0.890. The molecule has 4 nitrogen and oxygen atoms in total. The third-order valence-corrected chi connectivity index (χ3v) is 3.87. The molecule has 0 aromatic heterocycles. The molecule has 108 valence electrons. The van der Waals surface area contributed by atoms with E-state index in [0.717, 1.165) is 6.42 Å². The SMILES string of the molecule is CC(=O)Nc1cccc(C(=O)NC2CCCCC2C)c1. The van der Waals surface area contributed by atoms with Gasteiger partial charge in [-0.15, -0.1) is 0 Å². The van der Waals surface area contributed by atoms with E-state index < -0.39 is 0 Å². The summed E-state index contributed by atoms with van der Waals surface area (Å²) in [7, 11) is 0. The van der Waals surface area contributed by atoms with Gasteiger partial charge in [-0.3, -0.25) is 9.59 Å². The Balaban J connectivity index is 2.03. The van der Waals surface area contributed by atoms with Crippen LogP contribution in [0.25, 0.3) is 0 Å². The minimum Gasteiger partial charge on any atom is -0.349 e. The second-order valence-electron chi connectivity index (χ2n) is 5.60. The summed E-state index contributed by atoms with van der Waals surface area (Å²) in [6.07, 6.45) is 4.67. The summed E-state index contributed by atoms with van der Waals surface area (Å²) in [5.74, 6) is 0.339. The lowest BCUT2D eigenvalue weighted by Gasteiger charge is -2.29. The lowest BCUT2D eigenvalue weighted by Crippen LogP contribution is -2.41. The van der Waals surface area contributed by atoms with E-state index in [0.29, 0.717) is 17.2 Å². The highest BCUT2D eigenvalue weighted by atomic mass is 16.2. The highest BCUT2D eigenvalue weighted by molar-refractivity contribution is 5.96. The summed E-state index contributed by atoms with van der Waals surface area (Å²) in [5.41, 5.74) is 1.25. The van der Waals surface area contributed by atoms with Crippen LogP contribution in [0.5, 0.6) is 0 Å². The van der Waals surface area contributed by atoms with Crippen molar-refractivity contribution in [1.82, 2.24) is 5.32 Å². The van der Waals surface area contributed by atoms with Crippen molar-refractivity contribution < 1.29 is 9.59 Å². The van der Waals surface area contributed by atoms with Crippen LogP contribution in [-0.4, -0.2) is 17.9 Å². The topological polar surface area (TPSA) is 58.2 Å². The fourth-order valence-electron chi connectivity index (χ4n) is 2.72. The van der Waals surface area contributed by atoms with Gasteiger partial charge in [0.05, 0.1) is 0 Å². The van der Waals surface area contributed by atoms with Gasteiger partial charge in [0.25, 0.3) is 5.91 Å². The van der Waals surface area contributed by atoms with Gasteiger partial charge in [0.15, 0.2) is 0 Å². The average Bonchev–Trinajstić information content (AvgIpc) is 2.41. The minimum absolute atomic E-state index is 0.0593. The van der Waals surface area contributed by atoms with E-state index in [1.807, 2.05) is 0 Å². The minimum atomic E-state index is -0.136. The number of amides is 2. The van der Waals surface area contributed by atoms with Crippen LogP contribution in [0.3, 0.4) is 0 Å². The van der Waals surface area contributed by atoms with Crippen LogP contribution in [0.1, 0.15) is 49.9 Å². The van der Waals surface area contributed by atoms with Crippen LogP contribution >= 0.6 is 0 Å². The van der Waals surface area contributed by atoms with Crippen molar-refractivity contribution in [3.05, 3.63) is 29.8 Å². The molecule has 20 heavy (non-hydrogen) atoms. The highest BCUT2D eigenvalue weighted by Crippen LogP contribution is 2.24. The molecule has 0 radical (unpaired) electrons. The van der Waals surface area contributed by atoms with Crippen molar-refractivity contribution >= 4 is 17.5 Å². The molecule has 2 amide bonds. The van der Waals surface area contributed by atoms with E-state index in [4.69, 9.17) is 0 Å². The Morgan fingerprint density at radius 2 is 1.95 bits per heavy atom. The van der Waals surface area contributed by atoms with Gasteiger partial charge >= 0.3 is 0 Å². The molecule has 1 fully saturated rings. The van der Waals surface area contributed by atoms with Crippen LogP contribution in [0.4, 0.5) is 5.69 Å². The summed E-state index contributed by atoms with van der Waals surface area (Å²) in [6.45, 7) is 3.65. The third kappa shape index (κ3) is 3.83. The van der Waals surface area contributed by atoms with Gasteiger partial charge in [0.1, 0.15) is 0 Å². The second-order valence-corrected chi connectivity index (χ2v) is 5.60. The molecule has 1 aliphatic carbocycles. The molecule has 0 saturated heterocycles. The molecule has 4 heteroatoms. The molecule has 2 rings (SSSR count). The maximum Gasteiger partial charge on any atom is 0.251 e. The maximum atomic E-state index is 12.3. The summed E-state index contributed by atoms with van der Waals surface area (Å²) in [4.78, 5) is 23.3. The van der Waals surface area contributed by atoms with Gasteiger partial charge in [-0.2, -0.15) is 0 Å². The fourth-order valence-corrected chi connectivity index (χ4v) is 2.72. The first kappa shape index (κ1) is 14.6. The van der Waals surface area contributed by atoms with Gasteiger partial charge in [-0.25, -0.2) is 0 Å². The van der Waals surface area contributed by atoms with Crippen molar-refractivity contribution in [2.75, 3.05) is 5.32 Å². The number of nitrogens with one attached hydrogen (secondary N) is 2. The number of rotatable bonds is 3. The molecule has 0 heterocycles. The zero-order valence-corrected chi connectivity index (χ0v) is 12.1. The normalized spacial score (nSPS) is 22.1. The molecular formula is C16H22N2O2. The Bertz CT molecular complexity index is 499. The number of hydrogen-bond acceptors (Lipinski definition) is 2. The van der Waals surface area contributed by atoms with E-state index >= 15 is 0 Å². The summed E-state index contributed by atoms with van der Waals surface area (Å²) >= 11 is 0. The van der Waals surface area contributed by atoms with Crippen molar-refractivity contribution in [3.8, 4) is 0 Å². The Labute approximate surface area is 119 Å². The molecule has 0 spiro atoms. The Morgan fingerprint density at radius 3 is 2.65 bits per heavy atom. The van der Waals surface area contributed by atoms with Gasteiger partial charge < -0.3 is 10.6 Å². The standard InChI is InChI=1S/C16H22N2O2/c1-11-6-3-4-9-15(11)18-16(20)13-7-5-8-14(10-13)17-12(2)19/h5,7-8,10-11,15H,3-4,6,9H2,1-2H3,(H,17,19)(H,18,20). The lowest BCUT2D eigenvalue weighted by atomic mass is 9.86. The molecule has 1 aromatic rings. The van der Waals surface area contributed by atoms with Crippen LogP contribution in [0.15, 0.2) is 24.3 Å². The van der Waals surface area contributed by atoms with Crippen molar-refractivity contribution in [2.24, 2.45) is 5.92 Å². The molecule has 2 atom stereocenters. The van der Waals surface area contributed by atoms with Crippen LogP contribution < -0.4 is 10.6 Å². The molecule has 0 bridgehead atoms. The maximum absolute atomic E-state index is 12.3. The van der Waals surface area contributed by atoms with E-state index in [2.05, 4.69) is 17.6 Å². The number of hydrogen-bond donors (Lipinski definition) is 2. The number of carbonyl (C=O) groups is 2. The molecule has 1 aromatic carbocycles. The van der Waals surface area contributed by atoms with E-state index in [1.165, 1.54) is 26.2 Å². The first-order chi connectivity index (χ1) is 9.56. The van der Waals surface area contributed by atoms with Gasteiger partial charge in [-0.1, -0.05) is 25.8 Å². The molecule has 2 N–H and O–H groups in total. The first-order valence-electron chi connectivity index (χ1n) is 7.25. The Hall–Kier alpha value is -1.84. The van der Waals surface area contributed by atoms with Crippen LogP contribution in [0.2, 0.25) is 0 Å². The predicted molar refractivity (Wildman–Crippen MR) is 79.6 cm³/mol. The first-order valence-corrected chi connectivity index (χ1v) is 7.25.